The summed E-state index contributed by atoms with van der Waals surface area (Å²) >= 11 is 1.50. The Morgan fingerprint density at radius 1 is 1.17 bits per heavy atom. The minimum Gasteiger partial charge on any atom is -0.388 e. The first-order valence-corrected chi connectivity index (χ1v) is 8.28. The van der Waals surface area contributed by atoms with Crippen LogP contribution in [-0.2, 0) is 9.59 Å². The van der Waals surface area contributed by atoms with Gasteiger partial charge < -0.3 is 15.7 Å². The molecule has 2 amide bonds. The normalized spacial score (nSPS) is 11.8. The molecule has 2 aromatic rings. The number of thiophene rings is 1. The van der Waals surface area contributed by atoms with Gasteiger partial charge in [0, 0.05) is 12.2 Å². The van der Waals surface area contributed by atoms with Gasteiger partial charge in [0.2, 0.25) is 0 Å². The van der Waals surface area contributed by atoms with Crippen LogP contribution in [0.25, 0.3) is 0 Å². The van der Waals surface area contributed by atoms with Crippen LogP contribution in [0.15, 0.2) is 35.0 Å². The molecule has 23 heavy (non-hydrogen) atoms. The predicted octanol–water partition coefficient (Wildman–Crippen LogP) is 2.54. The number of aliphatic hydroxyl groups is 1. The molecule has 6 heteroatoms. The summed E-state index contributed by atoms with van der Waals surface area (Å²) in [5.74, 6) is -1.42. The topological polar surface area (TPSA) is 78.4 Å². The Bertz CT molecular complexity index is 683. The summed E-state index contributed by atoms with van der Waals surface area (Å²) in [5, 5.41) is 18.7. The average molecular weight is 332 g/mol. The minimum atomic E-state index is -0.710. The van der Waals surface area contributed by atoms with Crippen LogP contribution >= 0.6 is 11.3 Å². The Kier molecular flexibility index (Phi) is 5.90. The SMILES string of the molecule is Cc1ccc(NC(=O)C(=O)NCCC(O)c2ccsc2)cc1C. The van der Waals surface area contributed by atoms with E-state index in [2.05, 4.69) is 10.6 Å². The fourth-order valence-electron chi connectivity index (χ4n) is 2.04. The number of aliphatic hydroxyl groups excluding tert-OH is 1. The Balaban J connectivity index is 1.78. The molecule has 0 saturated carbocycles. The van der Waals surface area contributed by atoms with E-state index < -0.39 is 17.9 Å². The van der Waals surface area contributed by atoms with Crippen LogP contribution in [0.4, 0.5) is 5.69 Å². The van der Waals surface area contributed by atoms with Crippen molar-refractivity contribution in [1.29, 1.82) is 0 Å². The van der Waals surface area contributed by atoms with Crippen molar-refractivity contribution in [3.63, 3.8) is 0 Å². The monoisotopic (exact) mass is 332 g/mol. The lowest BCUT2D eigenvalue weighted by Crippen LogP contribution is -2.36. The number of carbonyl (C=O) groups excluding carboxylic acids is 2. The zero-order valence-electron chi connectivity index (χ0n) is 13.1. The van der Waals surface area contributed by atoms with Gasteiger partial charge in [-0.05, 0) is 65.9 Å². The molecule has 0 radical (unpaired) electrons. The van der Waals surface area contributed by atoms with Gasteiger partial charge in [0.15, 0.2) is 0 Å². The van der Waals surface area contributed by atoms with Gasteiger partial charge in [-0.25, -0.2) is 0 Å². The fourth-order valence-corrected chi connectivity index (χ4v) is 2.75. The molecular weight excluding hydrogens is 312 g/mol. The van der Waals surface area contributed by atoms with Gasteiger partial charge in [0.1, 0.15) is 0 Å². The van der Waals surface area contributed by atoms with E-state index >= 15 is 0 Å². The molecule has 1 aromatic carbocycles. The highest BCUT2D eigenvalue weighted by atomic mass is 32.1. The maximum atomic E-state index is 11.8. The third-order valence-electron chi connectivity index (χ3n) is 3.60. The van der Waals surface area contributed by atoms with E-state index in [1.54, 1.807) is 6.07 Å². The number of hydrogen-bond acceptors (Lipinski definition) is 4. The molecule has 5 nitrogen and oxygen atoms in total. The third-order valence-corrected chi connectivity index (χ3v) is 4.30. The summed E-state index contributed by atoms with van der Waals surface area (Å²) in [5.41, 5.74) is 3.58. The molecule has 0 aliphatic carbocycles. The Morgan fingerprint density at radius 3 is 2.61 bits per heavy atom. The average Bonchev–Trinajstić information content (AvgIpc) is 3.05. The smallest absolute Gasteiger partial charge is 0.313 e. The standard InChI is InChI=1S/C17H20N2O3S/c1-11-3-4-14(9-12(11)2)19-17(22)16(21)18-7-5-15(20)13-6-8-23-10-13/h3-4,6,8-10,15,20H,5,7H2,1-2H3,(H,18,21)(H,19,22). The van der Waals surface area contributed by atoms with Crippen molar-refractivity contribution >= 4 is 28.8 Å². The van der Waals surface area contributed by atoms with Gasteiger partial charge in [0.25, 0.3) is 0 Å². The number of amides is 2. The number of benzene rings is 1. The van der Waals surface area contributed by atoms with Gasteiger partial charge in [-0.1, -0.05) is 6.07 Å². The van der Waals surface area contributed by atoms with Crippen molar-refractivity contribution in [2.75, 3.05) is 11.9 Å². The lowest BCUT2D eigenvalue weighted by Gasteiger charge is -2.10. The van der Waals surface area contributed by atoms with Crippen molar-refractivity contribution in [1.82, 2.24) is 5.32 Å². The van der Waals surface area contributed by atoms with Gasteiger partial charge in [-0.15, -0.1) is 0 Å². The maximum absolute atomic E-state index is 11.8. The number of hydrogen-bond donors (Lipinski definition) is 3. The van der Waals surface area contributed by atoms with E-state index in [4.69, 9.17) is 0 Å². The highest BCUT2D eigenvalue weighted by Crippen LogP contribution is 2.18. The summed E-state index contributed by atoms with van der Waals surface area (Å²) in [4.78, 5) is 23.6. The van der Waals surface area contributed by atoms with Gasteiger partial charge >= 0.3 is 11.8 Å². The van der Waals surface area contributed by atoms with E-state index in [0.717, 1.165) is 16.7 Å². The molecule has 0 aliphatic heterocycles. The molecule has 122 valence electrons. The number of anilines is 1. The largest absolute Gasteiger partial charge is 0.388 e. The molecule has 0 fully saturated rings. The van der Waals surface area contributed by atoms with Crippen LogP contribution in [0.1, 0.15) is 29.2 Å². The lowest BCUT2D eigenvalue weighted by atomic mass is 10.1. The lowest BCUT2D eigenvalue weighted by molar-refractivity contribution is -0.136. The number of nitrogens with one attached hydrogen (secondary N) is 2. The Morgan fingerprint density at radius 2 is 1.96 bits per heavy atom. The van der Waals surface area contributed by atoms with Gasteiger partial charge in [-0.3, -0.25) is 9.59 Å². The Hall–Kier alpha value is -2.18. The molecule has 1 atom stereocenters. The van der Waals surface area contributed by atoms with E-state index in [9.17, 15) is 14.7 Å². The van der Waals surface area contributed by atoms with Crippen LogP contribution in [0, 0.1) is 13.8 Å². The molecule has 0 bridgehead atoms. The fraction of sp³-hybridized carbons (Fsp3) is 0.294. The first kappa shape index (κ1) is 17.2. The molecule has 2 rings (SSSR count). The van der Waals surface area contributed by atoms with Crippen LogP contribution in [0.2, 0.25) is 0 Å². The molecule has 1 unspecified atom stereocenters. The van der Waals surface area contributed by atoms with Gasteiger partial charge in [-0.2, -0.15) is 11.3 Å². The maximum Gasteiger partial charge on any atom is 0.313 e. The summed E-state index contributed by atoms with van der Waals surface area (Å²) < 4.78 is 0. The van der Waals surface area contributed by atoms with Crippen LogP contribution in [-0.4, -0.2) is 23.5 Å². The minimum absolute atomic E-state index is 0.232. The zero-order chi connectivity index (χ0) is 16.8. The second-order valence-electron chi connectivity index (χ2n) is 5.37. The van der Waals surface area contributed by atoms with Crippen LogP contribution in [0.5, 0.6) is 0 Å². The summed E-state index contributed by atoms with van der Waals surface area (Å²) in [7, 11) is 0. The summed E-state index contributed by atoms with van der Waals surface area (Å²) in [6.07, 6.45) is -0.274. The first-order chi connectivity index (χ1) is 11.0. The molecule has 0 spiro atoms. The van der Waals surface area contributed by atoms with Crippen molar-refractivity contribution < 1.29 is 14.7 Å². The first-order valence-electron chi connectivity index (χ1n) is 7.34. The zero-order valence-corrected chi connectivity index (χ0v) is 13.9. The molecule has 1 aromatic heterocycles. The van der Waals surface area contributed by atoms with E-state index in [1.807, 2.05) is 42.8 Å². The quantitative estimate of drug-likeness (QED) is 0.736. The number of rotatable bonds is 5. The molecule has 0 saturated heterocycles. The van der Waals surface area contributed by atoms with E-state index in [-0.39, 0.29) is 6.54 Å². The van der Waals surface area contributed by atoms with E-state index in [1.165, 1.54) is 11.3 Å². The highest BCUT2D eigenvalue weighted by molar-refractivity contribution is 7.07. The molecule has 0 aliphatic rings. The second-order valence-corrected chi connectivity index (χ2v) is 6.15. The van der Waals surface area contributed by atoms with Crippen molar-refractivity contribution in [2.24, 2.45) is 0 Å². The van der Waals surface area contributed by atoms with Crippen molar-refractivity contribution in [3.8, 4) is 0 Å². The van der Waals surface area contributed by atoms with Crippen LogP contribution in [0.3, 0.4) is 0 Å². The summed E-state index contributed by atoms with van der Waals surface area (Å²) in [6, 6.07) is 7.30. The predicted molar refractivity (Wildman–Crippen MR) is 91.5 cm³/mol. The molecular formula is C17H20N2O3S. The molecule has 1 heterocycles. The van der Waals surface area contributed by atoms with Crippen molar-refractivity contribution in [3.05, 3.63) is 51.7 Å². The number of aryl methyl sites for hydroxylation is 2. The highest BCUT2D eigenvalue weighted by Gasteiger charge is 2.15. The summed E-state index contributed by atoms with van der Waals surface area (Å²) in [6.45, 7) is 4.15. The Labute approximate surface area is 139 Å². The van der Waals surface area contributed by atoms with Gasteiger partial charge in [0.05, 0.1) is 6.10 Å². The molecule has 3 N–H and O–H groups in total. The second kappa shape index (κ2) is 7.89. The number of carbonyl (C=O) groups is 2. The third kappa shape index (κ3) is 4.91. The van der Waals surface area contributed by atoms with Crippen molar-refractivity contribution in [2.45, 2.75) is 26.4 Å². The van der Waals surface area contributed by atoms with Crippen LogP contribution < -0.4 is 10.6 Å². The van der Waals surface area contributed by atoms with E-state index in [0.29, 0.717) is 12.1 Å².